The molecule has 94 valence electrons. The zero-order valence-electron chi connectivity index (χ0n) is 10.5. The molecule has 0 bridgehead atoms. The third-order valence-electron chi connectivity index (χ3n) is 3.14. The van der Waals surface area contributed by atoms with Gasteiger partial charge in [-0.25, -0.2) is 5.84 Å². The number of carbonyl (C=O) groups is 1. The summed E-state index contributed by atoms with van der Waals surface area (Å²) in [6.07, 6.45) is 1.15. The summed E-state index contributed by atoms with van der Waals surface area (Å²) in [5, 5.41) is 0. The van der Waals surface area contributed by atoms with Gasteiger partial charge in [0.2, 0.25) is 5.91 Å². The quantitative estimate of drug-likeness (QED) is 0.395. The predicted octanol–water partition coefficient (Wildman–Crippen LogP) is -0.0292. The van der Waals surface area contributed by atoms with Crippen LogP contribution in [0.3, 0.4) is 0 Å². The second-order valence-electron chi connectivity index (χ2n) is 5.20. The molecular formula is C11H23N3O2. The lowest BCUT2D eigenvalue weighted by Gasteiger charge is -2.28. The molecule has 1 heterocycles. The van der Waals surface area contributed by atoms with E-state index in [0.717, 1.165) is 32.7 Å². The Morgan fingerprint density at radius 1 is 1.62 bits per heavy atom. The van der Waals surface area contributed by atoms with Gasteiger partial charge in [-0.2, -0.15) is 0 Å². The molecule has 1 saturated heterocycles. The fourth-order valence-corrected chi connectivity index (χ4v) is 2.25. The lowest BCUT2D eigenvalue weighted by atomic mass is 9.92. The van der Waals surface area contributed by atoms with E-state index in [1.807, 2.05) is 13.8 Å². The Morgan fingerprint density at radius 3 is 2.88 bits per heavy atom. The van der Waals surface area contributed by atoms with E-state index >= 15 is 0 Å². The van der Waals surface area contributed by atoms with Crippen molar-refractivity contribution in [3.63, 3.8) is 0 Å². The van der Waals surface area contributed by atoms with Crippen LogP contribution in [0, 0.1) is 11.3 Å². The molecule has 0 aromatic heterocycles. The highest BCUT2D eigenvalue weighted by atomic mass is 16.5. The van der Waals surface area contributed by atoms with Crippen molar-refractivity contribution < 1.29 is 9.53 Å². The molecule has 1 amide bonds. The van der Waals surface area contributed by atoms with Crippen LogP contribution in [-0.2, 0) is 9.53 Å². The molecule has 1 aliphatic rings. The molecule has 1 unspecified atom stereocenters. The summed E-state index contributed by atoms with van der Waals surface area (Å²) in [5.74, 6) is 5.66. The van der Waals surface area contributed by atoms with Crippen molar-refractivity contribution in [1.82, 2.24) is 10.3 Å². The highest BCUT2D eigenvalue weighted by Crippen LogP contribution is 2.23. The molecule has 0 radical (unpaired) electrons. The van der Waals surface area contributed by atoms with Gasteiger partial charge in [0.15, 0.2) is 0 Å². The first kappa shape index (κ1) is 13.4. The number of hydrogen-bond donors (Lipinski definition) is 2. The molecular weight excluding hydrogens is 206 g/mol. The molecule has 0 saturated carbocycles. The molecule has 3 N–H and O–H groups in total. The number of hydrazine groups is 1. The Morgan fingerprint density at radius 2 is 2.31 bits per heavy atom. The maximum Gasteiger partial charge on any atom is 0.240 e. The average Bonchev–Trinajstić information content (AvgIpc) is 2.64. The second kappa shape index (κ2) is 5.61. The van der Waals surface area contributed by atoms with Gasteiger partial charge in [0.1, 0.15) is 0 Å². The van der Waals surface area contributed by atoms with Gasteiger partial charge in [-0.05, 0) is 32.7 Å². The van der Waals surface area contributed by atoms with Gasteiger partial charge >= 0.3 is 0 Å². The normalized spacial score (nSPS) is 22.4. The maximum absolute atomic E-state index is 11.5. The predicted molar refractivity (Wildman–Crippen MR) is 62.5 cm³/mol. The zero-order valence-corrected chi connectivity index (χ0v) is 10.5. The van der Waals surface area contributed by atoms with Gasteiger partial charge in [-0.15, -0.1) is 0 Å². The molecule has 0 aromatic carbocycles. The van der Waals surface area contributed by atoms with Crippen LogP contribution in [0.1, 0.15) is 20.3 Å². The van der Waals surface area contributed by atoms with Crippen LogP contribution in [0.15, 0.2) is 0 Å². The van der Waals surface area contributed by atoms with Crippen molar-refractivity contribution in [2.45, 2.75) is 20.3 Å². The summed E-state index contributed by atoms with van der Waals surface area (Å²) in [4.78, 5) is 13.8. The molecule has 0 spiro atoms. The Labute approximate surface area is 97.3 Å². The lowest BCUT2D eigenvalue weighted by Crippen LogP contribution is -2.46. The van der Waals surface area contributed by atoms with Crippen LogP contribution in [-0.4, -0.2) is 44.2 Å². The van der Waals surface area contributed by atoms with Crippen LogP contribution >= 0.6 is 0 Å². The molecule has 1 fully saturated rings. The van der Waals surface area contributed by atoms with E-state index in [1.165, 1.54) is 0 Å². The molecule has 5 heteroatoms. The second-order valence-corrected chi connectivity index (χ2v) is 5.20. The first-order chi connectivity index (χ1) is 7.49. The van der Waals surface area contributed by atoms with Gasteiger partial charge in [0.25, 0.3) is 0 Å². The smallest absolute Gasteiger partial charge is 0.240 e. The molecule has 1 atom stereocenters. The topological polar surface area (TPSA) is 67.6 Å². The Hall–Kier alpha value is -0.650. The summed E-state index contributed by atoms with van der Waals surface area (Å²) in [6, 6.07) is 0. The van der Waals surface area contributed by atoms with E-state index in [2.05, 4.69) is 10.3 Å². The van der Waals surface area contributed by atoms with Gasteiger partial charge in [-0.3, -0.25) is 10.2 Å². The van der Waals surface area contributed by atoms with Crippen molar-refractivity contribution in [3.8, 4) is 0 Å². The molecule has 0 aromatic rings. The van der Waals surface area contributed by atoms with Crippen LogP contribution in [0.5, 0.6) is 0 Å². The third kappa shape index (κ3) is 3.43. The summed E-state index contributed by atoms with van der Waals surface area (Å²) < 4.78 is 5.15. The number of hydrogen-bond acceptors (Lipinski definition) is 4. The number of carbonyl (C=O) groups excluding carboxylic acids is 1. The van der Waals surface area contributed by atoms with Gasteiger partial charge in [-0.1, -0.05) is 0 Å². The van der Waals surface area contributed by atoms with E-state index in [1.54, 1.807) is 7.11 Å². The summed E-state index contributed by atoms with van der Waals surface area (Å²) in [6.45, 7) is 7.43. The number of ether oxygens (including phenoxy) is 1. The Kier molecular flexibility index (Phi) is 4.70. The monoisotopic (exact) mass is 229 g/mol. The van der Waals surface area contributed by atoms with E-state index in [-0.39, 0.29) is 5.91 Å². The first-order valence-corrected chi connectivity index (χ1v) is 5.72. The van der Waals surface area contributed by atoms with Gasteiger partial charge in [0, 0.05) is 20.2 Å². The third-order valence-corrected chi connectivity index (χ3v) is 3.14. The molecule has 0 aliphatic carbocycles. The molecule has 1 aliphatic heterocycles. The number of nitrogens with zero attached hydrogens (tertiary/aromatic N) is 1. The number of rotatable bonds is 5. The minimum Gasteiger partial charge on any atom is -0.384 e. The maximum atomic E-state index is 11.5. The lowest BCUT2D eigenvalue weighted by molar-refractivity contribution is -0.130. The zero-order chi connectivity index (χ0) is 12.2. The summed E-state index contributed by atoms with van der Waals surface area (Å²) in [5.41, 5.74) is 1.79. The molecule has 16 heavy (non-hydrogen) atoms. The number of methoxy groups -OCH3 is 1. The van der Waals surface area contributed by atoms with Crippen molar-refractivity contribution in [2.75, 3.05) is 33.4 Å². The van der Waals surface area contributed by atoms with E-state index in [9.17, 15) is 4.79 Å². The van der Waals surface area contributed by atoms with E-state index in [0.29, 0.717) is 5.92 Å². The number of nitrogens with one attached hydrogen (secondary N) is 1. The highest BCUT2D eigenvalue weighted by Gasteiger charge is 2.32. The van der Waals surface area contributed by atoms with Crippen LogP contribution in [0.4, 0.5) is 0 Å². The summed E-state index contributed by atoms with van der Waals surface area (Å²) >= 11 is 0. The minimum atomic E-state index is -0.434. The largest absolute Gasteiger partial charge is 0.384 e. The number of nitrogens with two attached hydrogens (primary N) is 1. The van der Waals surface area contributed by atoms with Crippen molar-refractivity contribution in [1.29, 1.82) is 0 Å². The van der Waals surface area contributed by atoms with Crippen molar-refractivity contribution in [2.24, 2.45) is 17.2 Å². The van der Waals surface area contributed by atoms with Gasteiger partial charge in [0.05, 0.1) is 12.0 Å². The number of amides is 1. The standard InChI is InChI=1S/C11H23N3O2/c1-11(2,10(15)13-12)8-14-5-4-9(6-14)7-16-3/h9H,4-8,12H2,1-3H3,(H,13,15). The summed E-state index contributed by atoms with van der Waals surface area (Å²) in [7, 11) is 1.73. The Bertz CT molecular complexity index is 243. The van der Waals surface area contributed by atoms with E-state index < -0.39 is 5.41 Å². The van der Waals surface area contributed by atoms with E-state index in [4.69, 9.17) is 10.6 Å². The minimum absolute atomic E-state index is 0.109. The fraction of sp³-hybridized carbons (Fsp3) is 0.909. The first-order valence-electron chi connectivity index (χ1n) is 5.72. The van der Waals surface area contributed by atoms with Gasteiger partial charge < -0.3 is 9.64 Å². The van der Waals surface area contributed by atoms with Crippen LogP contribution < -0.4 is 11.3 Å². The van der Waals surface area contributed by atoms with Crippen LogP contribution in [0.25, 0.3) is 0 Å². The van der Waals surface area contributed by atoms with Crippen LogP contribution in [0.2, 0.25) is 0 Å². The highest BCUT2D eigenvalue weighted by molar-refractivity contribution is 5.81. The fourth-order valence-electron chi connectivity index (χ4n) is 2.25. The SMILES string of the molecule is COCC1CCN(CC(C)(C)C(=O)NN)C1. The van der Waals surface area contributed by atoms with Crippen molar-refractivity contribution in [3.05, 3.63) is 0 Å². The Balaban J connectivity index is 2.41. The molecule has 5 nitrogen and oxygen atoms in total. The van der Waals surface area contributed by atoms with Crippen molar-refractivity contribution >= 4 is 5.91 Å². The average molecular weight is 229 g/mol. The number of likely N-dealkylation sites (tertiary alicyclic amines) is 1. The molecule has 1 rings (SSSR count).